The minimum Gasteiger partial charge on any atom is -0.378 e. The van der Waals surface area contributed by atoms with E-state index in [0.717, 1.165) is 30.5 Å². The van der Waals surface area contributed by atoms with Gasteiger partial charge in [0.2, 0.25) is 0 Å². The summed E-state index contributed by atoms with van der Waals surface area (Å²) >= 11 is 1.31. The van der Waals surface area contributed by atoms with Crippen LogP contribution in [0, 0.1) is 5.82 Å². The van der Waals surface area contributed by atoms with Gasteiger partial charge in [-0.1, -0.05) is 17.4 Å². The Labute approximate surface area is 119 Å². The number of methoxy groups -OCH3 is 1. The lowest BCUT2D eigenvalue weighted by Gasteiger charge is -2.15. The number of fused-ring (bicyclic) bond motifs is 1. The van der Waals surface area contributed by atoms with Crippen LogP contribution >= 0.6 is 11.3 Å². The van der Waals surface area contributed by atoms with E-state index in [1.54, 1.807) is 13.2 Å². The summed E-state index contributed by atoms with van der Waals surface area (Å²) in [5.74, 6) is -0.264. The first-order chi connectivity index (χ1) is 9.72. The minimum absolute atomic E-state index is 0.264. The third-order valence-corrected chi connectivity index (χ3v) is 4.32. The zero-order valence-electron chi connectivity index (χ0n) is 10.9. The molecular weight excluding hydrogens is 279 g/mol. The predicted molar refractivity (Wildman–Crippen MR) is 75.3 cm³/mol. The van der Waals surface area contributed by atoms with Crippen molar-refractivity contribution in [3.05, 3.63) is 40.2 Å². The molecule has 4 nitrogen and oxygen atoms in total. The van der Waals surface area contributed by atoms with Crippen LogP contribution in [0.25, 0.3) is 0 Å². The summed E-state index contributed by atoms with van der Waals surface area (Å²) in [5.41, 5.74) is 2.56. The van der Waals surface area contributed by atoms with E-state index < -0.39 is 0 Å². The highest BCUT2D eigenvalue weighted by Crippen LogP contribution is 2.37. The fourth-order valence-corrected chi connectivity index (χ4v) is 3.27. The van der Waals surface area contributed by atoms with Gasteiger partial charge in [-0.2, -0.15) is 0 Å². The number of carbonyl (C=O) groups excluding carboxylic acids is 1. The third kappa shape index (κ3) is 2.21. The van der Waals surface area contributed by atoms with Crippen LogP contribution in [-0.2, 0) is 17.8 Å². The van der Waals surface area contributed by atoms with E-state index in [1.807, 2.05) is 4.90 Å². The fraction of sp³-hybridized carbons (Fsp3) is 0.286. The van der Waals surface area contributed by atoms with Crippen LogP contribution in [0.4, 0.5) is 15.2 Å². The highest BCUT2D eigenvalue weighted by molar-refractivity contribution is 7.17. The molecule has 1 aromatic heterocycles. The number of thiazole rings is 1. The molecule has 0 saturated carbocycles. The van der Waals surface area contributed by atoms with E-state index in [0.29, 0.717) is 22.3 Å². The van der Waals surface area contributed by atoms with Crippen LogP contribution in [0.2, 0.25) is 0 Å². The lowest BCUT2D eigenvalue weighted by atomic mass is 10.2. The number of hydrogen-bond acceptors (Lipinski definition) is 5. The topological polar surface area (TPSA) is 42.4 Å². The van der Waals surface area contributed by atoms with E-state index >= 15 is 0 Å². The number of aldehydes is 1. The molecule has 0 atom stereocenters. The van der Waals surface area contributed by atoms with Gasteiger partial charge in [0, 0.05) is 19.3 Å². The maximum atomic E-state index is 13.4. The van der Waals surface area contributed by atoms with Crippen molar-refractivity contribution >= 4 is 28.4 Å². The summed E-state index contributed by atoms with van der Waals surface area (Å²) in [6, 6.07) is 4.78. The smallest absolute Gasteiger partial charge is 0.190 e. The van der Waals surface area contributed by atoms with E-state index in [4.69, 9.17) is 4.74 Å². The van der Waals surface area contributed by atoms with Crippen molar-refractivity contribution in [3.63, 3.8) is 0 Å². The van der Waals surface area contributed by atoms with Crippen molar-refractivity contribution in [3.8, 4) is 0 Å². The van der Waals surface area contributed by atoms with Crippen molar-refractivity contribution in [1.29, 1.82) is 0 Å². The number of rotatable bonds is 4. The number of nitrogens with zero attached hydrogens (tertiary/aromatic N) is 2. The summed E-state index contributed by atoms with van der Waals surface area (Å²) in [6.07, 6.45) is 1.64. The van der Waals surface area contributed by atoms with Crippen LogP contribution in [-0.4, -0.2) is 24.9 Å². The molecule has 20 heavy (non-hydrogen) atoms. The highest BCUT2D eigenvalue weighted by Gasteiger charge is 2.24. The number of carbonyl (C=O) groups is 1. The van der Waals surface area contributed by atoms with Crippen molar-refractivity contribution < 1.29 is 13.9 Å². The first-order valence-corrected chi connectivity index (χ1v) is 7.04. The van der Waals surface area contributed by atoms with Crippen LogP contribution < -0.4 is 4.90 Å². The summed E-state index contributed by atoms with van der Waals surface area (Å²) in [4.78, 5) is 18.0. The Balaban J connectivity index is 1.99. The Kier molecular flexibility index (Phi) is 3.50. The lowest BCUT2D eigenvalue weighted by Crippen LogP contribution is -2.13. The summed E-state index contributed by atoms with van der Waals surface area (Å²) in [5, 5.41) is 0.712. The van der Waals surface area contributed by atoms with Gasteiger partial charge in [0.1, 0.15) is 5.82 Å². The predicted octanol–water partition coefficient (Wildman–Crippen LogP) is 2.94. The van der Waals surface area contributed by atoms with Gasteiger partial charge in [-0.3, -0.25) is 4.79 Å². The van der Waals surface area contributed by atoms with Gasteiger partial charge in [0.25, 0.3) is 0 Å². The zero-order valence-corrected chi connectivity index (χ0v) is 11.7. The highest BCUT2D eigenvalue weighted by atomic mass is 32.1. The molecule has 1 aromatic carbocycles. The molecule has 2 aromatic rings. The Bertz CT molecular complexity index is 657. The first-order valence-electron chi connectivity index (χ1n) is 6.22. The third-order valence-electron chi connectivity index (χ3n) is 3.28. The molecule has 1 aliphatic heterocycles. The van der Waals surface area contributed by atoms with Crippen molar-refractivity contribution in [2.75, 3.05) is 18.6 Å². The quantitative estimate of drug-likeness (QED) is 0.813. The average molecular weight is 292 g/mol. The first kappa shape index (κ1) is 13.2. The molecule has 3 rings (SSSR count). The Hall–Kier alpha value is -1.79. The van der Waals surface area contributed by atoms with Crippen molar-refractivity contribution in [2.24, 2.45) is 0 Å². The molecule has 0 amide bonds. The van der Waals surface area contributed by atoms with Crippen LogP contribution in [0.5, 0.6) is 0 Å². The van der Waals surface area contributed by atoms with E-state index in [-0.39, 0.29) is 5.82 Å². The molecule has 0 N–H and O–H groups in total. The molecule has 0 spiro atoms. The van der Waals surface area contributed by atoms with Gasteiger partial charge in [0.05, 0.1) is 17.2 Å². The number of anilines is 2. The van der Waals surface area contributed by atoms with E-state index in [1.165, 1.54) is 23.5 Å². The van der Waals surface area contributed by atoms with Gasteiger partial charge in [-0.05, 0) is 24.1 Å². The standard InChI is InChI=1S/C14H13FN2O2S/c1-19-8-11-13(7-18)20-14(16-11)17-5-4-9-2-3-10(15)6-12(9)17/h2-3,6-7H,4-5,8H2,1H3. The Morgan fingerprint density at radius 2 is 2.40 bits per heavy atom. The largest absolute Gasteiger partial charge is 0.378 e. The Morgan fingerprint density at radius 3 is 3.15 bits per heavy atom. The van der Waals surface area contributed by atoms with Gasteiger partial charge in [-0.15, -0.1) is 0 Å². The number of benzene rings is 1. The van der Waals surface area contributed by atoms with Gasteiger partial charge >= 0.3 is 0 Å². The molecule has 0 bridgehead atoms. The second-order valence-electron chi connectivity index (χ2n) is 4.53. The zero-order chi connectivity index (χ0) is 14.1. The number of hydrogen-bond donors (Lipinski definition) is 0. The van der Waals surface area contributed by atoms with Crippen LogP contribution in [0.15, 0.2) is 18.2 Å². The Morgan fingerprint density at radius 1 is 1.55 bits per heavy atom. The van der Waals surface area contributed by atoms with E-state index in [2.05, 4.69) is 4.98 Å². The van der Waals surface area contributed by atoms with Crippen molar-refractivity contribution in [2.45, 2.75) is 13.0 Å². The average Bonchev–Trinajstić information content (AvgIpc) is 3.02. The molecular formula is C14H13FN2O2S. The summed E-state index contributed by atoms with van der Waals surface area (Å²) in [7, 11) is 1.56. The molecule has 2 heterocycles. The maximum Gasteiger partial charge on any atom is 0.190 e. The van der Waals surface area contributed by atoms with Crippen LogP contribution in [0.3, 0.4) is 0 Å². The van der Waals surface area contributed by atoms with E-state index in [9.17, 15) is 9.18 Å². The fourth-order valence-electron chi connectivity index (χ4n) is 2.35. The van der Waals surface area contributed by atoms with Gasteiger partial charge in [-0.25, -0.2) is 9.37 Å². The molecule has 0 radical (unpaired) electrons. The monoisotopic (exact) mass is 292 g/mol. The number of aromatic nitrogens is 1. The number of ether oxygens (including phenoxy) is 1. The molecule has 0 unspecified atom stereocenters. The molecule has 0 saturated heterocycles. The molecule has 6 heteroatoms. The molecule has 1 aliphatic rings. The van der Waals surface area contributed by atoms with Gasteiger partial charge < -0.3 is 9.64 Å². The summed E-state index contributed by atoms with van der Waals surface area (Å²) in [6.45, 7) is 1.05. The number of halogens is 1. The summed E-state index contributed by atoms with van der Waals surface area (Å²) < 4.78 is 18.4. The molecule has 0 aliphatic carbocycles. The lowest BCUT2D eigenvalue weighted by molar-refractivity contribution is 0.112. The normalized spacial score (nSPS) is 13.6. The molecule has 104 valence electrons. The SMILES string of the molecule is COCc1nc(N2CCc3ccc(F)cc32)sc1C=O. The van der Waals surface area contributed by atoms with Crippen molar-refractivity contribution in [1.82, 2.24) is 4.98 Å². The van der Waals surface area contributed by atoms with Crippen LogP contribution in [0.1, 0.15) is 20.9 Å². The molecule has 0 fully saturated rings. The minimum atomic E-state index is -0.264. The second kappa shape index (κ2) is 5.30. The second-order valence-corrected chi connectivity index (χ2v) is 5.54. The van der Waals surface area contributed by atoms with Gasteiger partial charge in [0.15, 0.2) is 11.4 Å². The maximum absolute atomic E-state index is 13.4.